The number of sulfonamides is 1. The van der Waals surface area contributed by atoms with Crippen molar-refractivity contribution in [3.05, 3.63) is 29.3 Å². The summed E-state index contributed by atoms with van der Waals surface area (Å²) >= 11 is 6.03. The highest BCUT2D eigenvalue weighted by atomic mass is 35.5. The molecule has 0 aromatic heterocycles. The van der Waals surface area contributed by atoms with E-state index in [1.165, 1.54) is 0 Å². The lowest BCUT2D eigenvalue weighted by atomic mass is 10.0. The predicted molar refractivity (Wildman–Crippen MR) is 85.5 cm³/mol. The van der Waals surface area contributed by atoms with Gasteiger partial charge in [-0.2, -0.15) is 0 Å². The maximum Gasteiger partial charge on any atom is 0.321 e. The van der Waals surface area contributed by atoms with Gasteiger partial charge >= 0.3 is 6.03 Å². The van der Waals surface area contributed by atoms with Crippen LogP contribution in [-0.2, 0) is 10.0 Å². The van der Waals surface area contributed by atoms with Crippen molar-refractivity contribution >= 4 is 33.3 Å². The van der Waals surface area contributed by atoms with E-state index in [0.29, 0.717) is 43.2 Å². The van der Waals surface area contributed by atoms with E-state index >= 15 is 0 Å². The molecule has 1 aromatic carbocycles. The van der Waals surface area contributed by atoms with Crippen LogP contribution in [0.15, 0.2) is 24.3 Å². The Hall–Kier alpha value is -1.31. The van der Waals surface area contributed by atoms with E-state index in [1.54, 1.807) is 29.2 Å². The van der Waals surface area contributed by atoms with E-state index in [4.69, 9.17) is 11.6 Å². The fourth-order valence-corrected chi connectivity index (χ4v) is 5.07. The third-order valence-electron chi connectivity index (χ3n) is 4.33. The van der Waals surface area contributed by atoms with Crippen LogP contribution in [0.1, 0.15) is 12.8 Å². The van der Waals surface area contributed by atoms with Crippen molar-refractivity contribution in [1.82, 2.24) is 9.62 Å². The number of anilines is 1. The largest absolute Gasteiger partial charge is 0.324 e. The zero-order valence-electron chi connectivity index (χ0n) is 12.0. The van der Waals surface area contributed by atoms with Crippen molar-refractivity contribution in [3.63, 3.8) is 0 Å². The molecule has 0 unspecified atom stereocenters. The minimum absolute atomic E-state index is 0.0862. The number of carbonyl (C=O) groups is 1. The van der Waals surface area contributed by atoms with Crippen molar-refractivity contribution in [2.24, 2.45) is 5.92 Å². The molecule has 2 amide bonds. The van der Waals surface area contributed by atoms with E-state index in [2.05, 4.69) is 10.0 Å². The molecule has 1 aromatic rings. The molecule has 6 nitrogen and oxygen atoms in total. The van der Waals surface area contributed by atoms with Crippen LogP contribution < -0.4 is 10.0 Å². The van der Waals surface area contributed by atoms with Gasteiger partial charge in [0.2, 0.25) is 10.0 Å². The summed E-state index contributed by atoms with van der Waals surface area (Å²) in [4.78, 5) is 14.0. The predicted octanol–water partition coefficient (Wildman–Crippen LogP) is 1.89. The minimum Gasteiger partial charge on any atom is -0.324 e. The number of para-hydroxylation sites is 1. The number of carbonyl (C=O) groups excluding carboxylic acids is 1. The molecule has 2 atom stereocenters. The molecule has 8 heteroatoms. The molecule has 22 heavy (non-hydrogen) atoms. The quantitative estimate of drug-likeness (QED) is 0.817. The molecule has 120 valence electrons. The minimum atomic E-state index is -3.21. The molecule has 0 saturated carbocycles. The molecule has 2 heterocycles. The van der Waals surface area contributed by atoms with Gasteiger partial charge in [-0.05, 0) is 30.9 Å². The topological polar surface area (TPSA) is 78.5 Å². The van der Waals surface area contributed by atoms with Crippen LogP contribution in [0.2, 0.25) is 5.02 Å². The second kappa shape index (κ2) is 6.06. The number of halogens is 1. The summed E-state index contributed by atoms with van der Waals surface area (Å²) in [7, 11) is -3.21. The number of nitrogens with zero attached hydrogens (tertiary/aromatic N) is 1. The van der Waals surface area contributed by atoms with Gasteiger partial charge in [0.05, 0.1) is 16.0 Å². The smallest absolute Gasteiger partial charge is 0.321 e. The van der Waals surface area contributed by atoms with Crippen LogP contribution in [0.5, 0.6) is 0 Å². The molecule has 2 aliphatic heterocycles. The van der Waals surface area contributed by atoms with Crippen LogP contribution in [0, 0.1) is 5.92 Å². The Labute approximate surface area is 134 Å². The fraction of sp³-hybridized carbons (Fsp3) is 0.500. The first-order valence-electron chi connectivity index (χ1n) is 7.26. The number of benzene rings is 1. The molecular formula is C14H18ClN3O3S. The van der Waals surface area contributed by atoms with Crippen LogP contribution in [-0.4, -0.2) is 44.2 Å². The standard InChI is InChI=1S/C14H18ClN3O3S/c15-11-3-1-2-4-12(11)17-14(19)18-7-5-10-9-16-22(20,21)13(10)6-8-18/h1-4,10,13,16H,5-9H2,(H,17,19)/t10-,13-/m1/s1. The van der Waals surface area contributed by atoms with E-state index in [9.17, 15) is 13.2 Å². The average Bonchev–Trinajstić information content (AvgIpc) is 2.65. The number of hydrogen-bond acceptors (Lipinski definition) is 3. The lowest BCUT2D eigenvalue weighted by Gasteiger charge is -2.21. The lowest BCUT2D eigenvalue weighted by Crippen LogP contribution is -2.36. The molecule has 0 bridgehead atoms. The van der Waals surface area contributed by atoms with Gasteiger partial charge in [-0.25, -0.2) is 17.9 Å². The number of nitrogens with one attached hydrogen (secondary N) is 2. The monoisotopic (exact) mass is 343 g/mol. The lowest BCUT2D eigenvalue weighted by molar-refractivity contribution is 0.213. The molecule has 3 rings (SSSR count). The average molecular weight is 344 g/mol. The second-order valence-corrected chi connectivity index (χ2v) is 8.06. The first kappa shape index (κ1) is 15.6. The van der Waals surface area contributed by atoms with Crippen LogP contribution in [0.4, 0.5) is 10.5 Å². The Kier molecular flexibility index (Phi) is 4.29. The van der Waals surface area contributed by atoms with Crippen molar-refractivity contribution in [2.75, 3.05) is 25.0 Å². The zero-order valence-corrected chi connectivity index (χ0v) is 13.5. The molecular weight excluding hydrogens is 326 g/mol. The first-order valence-corrected chi connectivity index (χ1v) is 9.19. The van der Waals surface area contributed by atoms with Crippen molar-refractivity contribution in [1.29, 1.82) is 0 Å². The highest BCUT2D eigenvalue weighted by Gasteiger charge is 2.41. The van der Waals surface area contributed by atoms with Gasteiger partial charge in [-0.15, -0.1) is 0 Å². The molecule has 2 N–H and O–H groups in total. The molecule has 0 spiro atoms. The third kappa shape index (κ3) is 3.06. The number of rotatable bonds is 1. The van der Waals surface area contributed by atoms with Crippen molar-refractivity contribution in [2.45, 2.75) is 18.1 Å². The van der Waals surface area contributed by atoms with Gasteiger partial charge in [0.15, 0.2) is 0 Å². The third-order valence-corrected chi connectivity index (χ3v) is 6.64. The van der Waals surface area contributed by atoms with Crippen LogP contribution in [0.3, 0.4) is 0 Å². The SMILES string of the molecule is O=C(Nc1ccccc1Cl)N1CC[C@@H]2CNS(=O)(=O)[C@@H]2CC1. The summed E-state index contributed by atoms with van der Waals surface area (Å²) in [5, 5.41) is 2.88. The number of likely N-dealkylation sites (tertiary alicyclic amines) is 1. The summed E-state index contributed by atoms with van der Waals surface area (Å²) in [6.45, 7) is 1.46. The van der Waals surface area contributed by atoms with Gasteiger partial charge in [0, 0.05) is 19.6 Å². The molecule has 0 aliphatic carbocycles. The Balaban J connectivity index is 1.67. The fourth-order valence-electron chi connectivity index (χ4n) is 3.07. The first-order chi connectivity index (χ1) is 10.5. The highest BCUT2D eigenvalue weighted by Crippen LogP contribution is 2.28. The van der Waals surface area contributed by atoms with Crippen LogP contribution in [0.25, 0.3) is 0 Å². The molecule has 2 aliphatic rings. The van der Waals surface area contributed by atoms with Gasteiger partial charge in [0.25, 0.3) is 0 Å². The summed E-state index contributed by atoms with van der Waals surface area (Å²) in [6, 6.07) is 6.80. The van der Waals surface area contributed by atoms with E-state index in [-0.39, 0.29) is 17.2 Å². The molecule has 2 fully saturated rings. The van der Waals surface area contributed by atoms with E-state index < -0.39 is 10.0 Å². The van der Waals surface area contributed by atoms with E-state index in [1.807, 2.05) is 0 Å². The summed E-state index contributed by atoms with van der Waals surface area (Å²) in [5.41, 5.74) is 0.563. The Bertz CT molecular complexity index is 680. The maximum atomic E-state index is 12.3. The summed E-state index contributed by atoms with van der Waals surface area (Å²) < 4.78 is 26.4. The number of amides is 2. The maximum absolute atomic E-state index is 12.3. The normalized spacial score (nSPS) is 27.0. The van der Waals surface area contributed by atoms with Gasteiger partial charge in [-0.3, -0.25) is 0 Å². The Morgan fingerprint density at radius 3 is 2.77 bits per heavy atom. The van der Waals surface area contributed by atoms with Gasteiger partial charge in [-0.1, -0.05) is 23.7 Å². The molecule has 2 saturated heterocycles. The van der Waals surface area contributed by atoms with Crippen molar-refractivity contribution < 1.29 is 13.2 Å². The summed E-state index contributed by atoms with van der Waals surface area (Å²) in [6.07, 6.45) is 1.16. The number of fused-ring (bicyclic) bond motifs is 1. The Morgan fingerprint density at radius 2 is 2.00 bits per heavy atom. The Morgan fingerprint density at radius 1 is 1.27 bits per heavy atom. The molecule has 0 radical (unpaired) electrons. The van der Waals surface area contributed by atoms with Crippen LogP contribution >= 0.6 is 11.6 Å². The highest BCUT2D eigenvalue weighted by molar-refractivity contribution is 7.90. The summed E-state index contributed by atoms with van der Waals surface area (Å²) in [5.74, 6) is 0.0862. The number of hydrogen-bond donors (Lipinski definition) is 2. The van der Waals surface area contributed by atoms with Crippen molar-refractivity contribution in [3.8, 4) is 0 Å². The van der Waals surface area contributed by atoms with E-state index in [0.717, 1.165) is 0 Å². The zero-order chi connectivity index (χ0) is 15.7. The van der Waals surface area contributed by atoms with Gasteiger partial charge < -0.3 is 10.2 Å². The second-order valence-electron chi connectivity index (χ2n) is 5.67. The van der Waals surface area contributed by atoms with Gasteiger partial charge in [0.1, 0.15) is 0 Å². The number of urea groups is 1.